The Morgan fingerprint density at radius 1 is 1.06 bits per heavy atom. The Labute approximate surface area is 204 Å². The molecular formula is C24H30N6O5. The summed E-state index contributed by atoms with van der Waals surface area (Å²) in [6, 6.07) is 5.31. The lowest BCUT2D eigenvalue weighted by molar-refractivity contribution is 0.0523. The van der Waals surface area contributed by atoms with Gasteiger partial charge in [-0.25, -0.2) is 9.97 Å². The number of nitrogens with one attached hydrogen (secondary N) is 1. The topological polar surface area (TPSA) is 115 Å². The molecule has 0 radical (unpaired) electrons. The Bertz CT molecular complexity index is 1160. The maximum Gasteiger partial charge on any atom is 0.272 e. The third-order valence-electron chi connectivity index (χ3n) is 5.78. The van der Waals surface area contributed by atoms with Crippen LogP contribution in [0.25, 0.3) is 11.3 Å². The van der Waals surface area contributed by atoms with E-state index in [2.05, 4.69) is 20.2 Å². The van der Waals surface area contributed by atoms with Crippen LogP contribution >= 0.6 is 0 Å². The van der Waals surface area contributed by atoms with Gasteiger partial charge in [-0.1, -0.05) is 0 Å². The molecule has 1 amide bonds. The van der Waals surface area contributed by atoms with Crippen LogP contribution in [-0.4, -0.2) is 85.6 Å². The normalized spacial score (nSPS) is 15.5. The van der Waals surface area contributed by atoms with E-state index < -0.39 is 0 Å². The zero-order valence-corrected chi connectivity index (χ0v) is 20.6. The summed E-state index contributed by atoms with van der Waals surface area (Å²) in [5.41, 5.74) is 1.71. The number of benzene rings is 1. The van der Waals surface area contributed by atoms with Gasteiger partial charge in [-0.15, -0.1) is 0 Å². The summed E-state index contributed by atoms with van der Waals surface area (Å²) in [6.45, 7) is 1.08. The predicted octanol–water partition coefficient (Wildman–Crippen LogP) is 2.64. The molecule has 3 heterocycles. The fourth-order valence-corrected chi connectivity index (χ4v) is 4.06. The second kappa shape index (κ2) is 10.5. The quantitative estimate of drug-likeness (QED) is 0.517. The number of aromatic amines is 1. The number of ether oxygens (including phenoxy) is 4. The molecule has 0 spiro atoms. The van der Waals surface area contributed by atoms with Crippen LogP contribution in [0.15, 0.2) is 30.6 Å². The first-order valence-electron chi connectivity index (χ1n) is 11.2. The summed E-state index contributed by atoms with van der Waals surface area (Å²) >= 11 is 0. The van der Waals surface area contributed by atoms with E-state index in [1.54, 1.807) is 56.8 Å². The Hall–Kier alpha value is -4.02. The van der Waals surface area contributed by atoms with Crippen molar-refractivity contribution < 1.29 is 23.7 Å². The summed E-state index contributed by atoms with van der Waals surface area (Å²) in [5, 5.41) is 7.22. The van der Waals surface area contributed by atoms with E-state index in [1.807, 2.05) is 19.0 Å². The minimum atomic E-state index is -0.180. The first-order valence-corrected chi connectivity index (χ1v) is 11.2. The van der Waals surface area contributed by atoms with Gasteiger partial charge in [0, 0.05) is 38.6 Å². The number of carbonyl (C=O) groups excluding carboxylic acids is 1. The number of H-pyrrole nitrogens is 1. The molecule has 0 aliphatic carbocycles. The molecule has 1 fully saturated rings. The van der Waals surface area contributed by atoms with Crippen LogP contribution < -0.4 is 23.8 Å². The molecule has 1 unspecified atom stereocenters. The van der Waals surface area contributed by atoms with Crippen LogP contribution in [0.5, 0.6) is 23.1 Å². The monoisotopic (exact) mass is 482 g/mol. The van der Waals surface area contributed by atoms with Gasteiger partial charge in [-0.3, -0.25) is 9.89 Å². The van der Waals surface area contributed by atoms with Crippen molar-refractivity contribution in [3.8, 4) is 34.4 Å². The average Bonchev–Trinajstić information content (AvgIpc) is 3.38. The van der Waals surface area contributed by atoms with Crippen molar-refractivity contribution in [1.29, 1.82) is 0 Å². The molecule has 4 rings (SSSR count). The van der Waals surface area contributed by atoms with Gasteiger partial charge in [0.15, 0.2) is 17.3 Å². The minimum Gasteiger partial charge on any atom is -0.493 e. The van der Waals surface area contributed by atoms with E-state index in [-0.39, 0.29) is 12.0 Å². The van der Waals surface area contributed by atoms with Crippen LogP contribution in [0.2, 0.25) is 0 Å². The van der Waals surface area contributed by atoms with Gasteiger partial charge in [0.1, 0.15) is 11.8 Å². The van der Waals surface area contributed by atoms with E-state index in [9.17, 15) is 4.79 Å². The Balaban J connectivity index is 1.50. The molecular weight excluding hydrogens is 452 g/mol. The Morgan fingerprint density at radius 2 is 1.77 bits per heavy atom. The number of hydrogen-bond acceptors (Lipinski definition) is 9. The molecule has 186 valence electrons. The number of aromatic nitrogens is 4. The zero-order valence-electron chi connectivity index (χ0n) is 20.6. The number of hydrogen-bond donors (Lipinski definition) is 1. The van der Waals surface area contributed by atoms with Crippen molar-refractivity contribution in [2.75, 3.05) is 53.4 Å². The van der Waals surface area contributed by atoms with Crippen molar-refractivity contribution in [1.82, 2.24) is 25.1 Å². The van der Waals surface area contributed by atoms with Gasteiger partial charge in [0.2, 0.25) is 5.75 Å². The van der Waals surface area contributed by atoms with E-state index in [0.29, 0.717) is 53.4 Å². The third-order valence-corrected chi connectivity index (χ3v) is 5.78. The van der Waals surface area contributed by atoms with Crippen LogP contribution in [0.1, 0.15) is 23.3 Å². The number of amides is 1. The van der Waals surface area contributed by atoms with Crippen LogP contribution in [0, 0.1) is 0 Å². The largest absolute Gasteiger partial charge is 0.493 e. The molecule has 1 aliphatic heterocycles. The minimum absolute atomic E-state index is 0.142. The van der Waals surface area contributed by atoms with E-state index in [0.717, 1.165) is 18.4 Å². The lowest BCUT2D eigenvalue weighted by Gasteiger charge is -2.32. The predicted molar refractivity (Wildman–Crippen MR) is 130 cm³/mol. The number of likely N-dealkylation sites (tertiary alicyclic amines) is 1. The first kappa shape index (κ1) is 24.1. The molecule has 1 aromatic carbocycles. The average molecular weight is 483 g/mol. The maximum absolute atomic E-state index is 13.3. The fourth-order valence-electron chi connectivity index (χ4n) is 4.06. The zero-order chi connectivity index (χ0) is 24.9. The molecule has 1 atom stereocenters. The molecule has 11 nitrogen and oxygen atoms in total. The van der Waals surface area contributed by atoms with Gasteiger partial charge < -0.3 is 28.7 Å². The summed E-state index contributed by atoms with van der Waals surface area (Å²) in [7, 11) is 8.43. The van der Waals surface area contributed by atoms with E-state index in [1.165, 1.54) is 0 Å². The number of nitrogens with zero attached hydrogens (tertiary/aromatic N) is 5. The summed E-state index contributed by atoms with van der Waals surface area (Å²) < 4.78 is 22.4. The highest BCUT2D eigenvalue weighted by molar-refractivity contribution is 5.93. The number of anilines is 1. The van der Waals surface area contributed by atoms with E-state index >= 15 is 0 Å². The summed E-state index contributed by atoms with van der Waals surface area (Å²) in [4.78, 5) is 25.5. The fraction of sp³-hybridized carbons (Fsp3) is 0.417. The molecule has 1 aliphatic rings. The Kier molecular flexibility index (Phi) is 7.23. The molecule has 1 N–H and O–H groups in total. The van der Waals surface area contributed by atoms with Crippen molar-refractivity contribution >= 4 is 11.7 Å². The summed E-state index contributed by atoms with van der Waals surface area (Å²) in [5.74, 6) is 2.48. The number of rotatable bonds is 8. The smallest absolute Gasteiger partial charge is 0.272 e. The number of piperidine rings is 1. The van der Waals surface area contributed by atoms with Crippen molar-refractivity contribution in [3.05, 3.63) is 36.3 Å². The SMILES string of the molecule is COc1cc(-c2cc(C(=O)N3CCCC(Oc4nccnc4N(C)C)C3)[nH]n2)cc(OC)c1OC. The van der Waals surface area contributed by atoms with Crippen LogP contribution in [0.4, 0.5) is 5.82 Å². The standard InChI is InChI=1S/C24H30N6O5/c1-29(2)22-23(26-9-8-25-22)35-16-7-6-10-30(14-16)24(31)18-13-17(27-28-18)15-11-19(32-3)21(34-5)20(12-15)33-4/h8-9,11-13,16H,6-7,10,14H2,1-5H3,(H,27,28). The van der Waals surface area contributed by atoms with Gasteiger partial charge in [0.25, 0.3) is 11.8 Å². The van der Waals surface area contributed by atoms with Gasteiger partial charge in [-0.2, -0.15) is 5.10 Å². The van der Waals surface area contributed by atoms with Crippen molar-refractivity contribution in [2.24, 2.45) is 0 Å². The second-order valence-corrected chi connectivity index (χ2v) is 8.29. The molecule has 3 aromatic rings. The molecule has 11 heteroatoms. The van der Waals surface area contributed by atoms with Crippen LogP contribution in [0.3, 0.4) is 0 Å². The number of methoxy groups -OCH3 is 3. The first-order chi connectivity index (χ1) is 16.9. The highest BCUT2D eigenvalue weighted by atomic mass is 16.5. The molecule has 1 saturated heterocycles. The molecule has 0 bridgehead atoms. The Morgan fingerprint density at radius 3 is 2.43 bits per heavy atom. The summed E-state index contributed by atoms with van der Waals surface area (Å²) in [6.07, 6.45) is 4.70. The maximum atomic E-state index is 13.3. The molecule has 35 heavy (non-hydrogen) atoms. The highest BCUT2D eigenvalue weighted by Crippen LogP contribution is 2.41. The van der Waals surface area contributed by atoms with Gasteiger partial charge in [-0.05, 0) is 31.0 Å². The van der Waals surface area contributed by atoms with Crippen molar-refractivity contribution in [2.45, 2.75) is 18.9 Å². The third kappa shape index (κ3) is 5.08. The highest BCUT2D eigenvalue weighted by Gasteiger charge is 2.28. The lowest BCUT2D eigenvalue weighted by Crippen LogP contribution is -2.44. The van der Waals surface area contributed by atoms with Gasteiger partial charge in [0.05, 0.1) is 33.6 Å². The number of carbonyl (C=O) groups is 1. The lowest BCUT2D eigenvalue weighted by atomic mass is 10.1. The van der Waals surface area contributed by atoms with Crippen molar-refractivity contribution in [3.63, 3.8) is 0 Å². The molecule has 2 aromatic heterocycles. The van der Waals surface area contributed by atoms with Gasteiger partial charge >= 0.3 is 0 Å². The van der Waals surface area contributed by atoms with Crippen LogP contribution in [-0.2, 0) is 0 Å². The van der Waals surface area contributed by atoms with E-state index in [4.69, 9.17) is 18.9 Å². The second-order valence-electron chi connectivity index (χ2n) is 8.29. The molecule has 0 saturated carbocycles.